The predicted molar refractivity (Wildman–Crippen MR) is 80.9 cm³/mol. The molecule has 0 rings (SSSR count). The largest absolute Gasteiger partial charge is 0.396 e. The monoisotopic (exact) mass is 260 g/mol. The van der Waals surface area contributed by atoms with E-state index in [1.165, 1.54) is 51.4 Å². The van der Waals surface area contributed by atoms with Crippen molar-refractivity contribution in [3.8, 4) is 0 Å². The van der Waals surface area contributed by atoms with E-state index in [9.17, 15) is 0 Å². The molecule has 1 unspecified atom stereocenters. The van der Waals surface area contributed by atoms with Crippen LogP contribution in [0.5, 0.6) is 0 Å². The highest BCUT2D eigenvalue weighted by molar-refractivity contribution is 4.54. The SMILES string of the molecule is CCCC(CC)CCO.CCCCCCCCO. The zero-order valence-electron chi connectivity index (χ0n) is 13.0. The highest BCUT2D eigenvalue weighted by Gasteiger charge is 2.01. The third-order valence-corrected chi connectivity index (χ3v) is 3.32. The van der Waals surface area contributed by atoms with Gasteiger partial charge in [-0.15, -0.1) is 0 Å². The molecule has 112 valence electrons. The van der Waals surface area contributed by atoms with E-state index in [2.05, 4.69) is 20.8 Å². The van der Waals surface area contributed by atoms with Crippen LogP contribution in [-0.4, -0.2) is 23.4 Å². The second-order valence-electron chi connectivity index (χ2n) is 5.07. The first-order valence-corrected chi connectivity index (χ1v) is 7.98. The molecule has 0 bridgehead atoms. The lowest BCUT2D eigenvalue weighted by Gasteiger charge is -2.10. The van der Waals surface area contributed by atoms with Gasteiger partial charge in [0.25, 0.3) is 0 Å². The summed E-state index contributed by atoms with van der Waals surface area (Å²) in [5.41, 5.74) is 0. The highest BCUT2D eigenvalue weighted by Crippen LogP contribution is 2.13. The maximum atomic E-state index is 8.59. The van der Waals surface area contributed by atoms with Crippen LogP contribution in [0.25, 0.3) is 0 Å². The molecular weight excluding hydrogens is 224 g/mol. The minimum atomic E-state index is 0.360. The fourth-order valence-corrected chi connectivity index (χ4v) is 2.04. The fourth-order valence-electron chi connectivity index (χ4n) is 2.04. The normalized spacial score (nSPS) is 11.8. The molecule has 0 saturated carbocycles. The number of aliphatic hydroxyl groups excluding tert-OH is 2. The second-order valence-corrected chi connectivity index (χ2v) is 5.07. The van der Waals surface area contributed by atoms with E-state index < -0.39 is 0 Å². The molecular formula is C16H36O2. The van der Waals surface area contributed by atoms with Gasteiger partial charge >= 0.3 is 0 Å². The summed E-state index contributed by atoms with van der Waals surface area (Å²) >= 11 is 0. The van der Waals surface area contributed by atoms with Crippen molar-refractivity contribution in [2.24, 2.45) is 5.92 Å². The van der Waals surface area contributed by atoms with Crippen molar-refractivity contribution in [3.05, 3.63) is 0 Å². The van der Waals surface area contributed by atoms with Gasteiger partial charge in [-0.05, 0) is 18.8 Å². The summed E-state index contributed by atoms with van der Waals surface area (Å²) in [5.74, 6) is 0.764. The van der Waals surface area contributed by atoms with Gasteiger partial charge < -0.3 is 10.2 Å². The molecule has 0 aliphatic rings. The molecule has 0 aromatic carbocycles. The number of rotatable bonds is 11. The maximum Gasteiger partial charge on any atom is 0.0433 e. The number of aliphatic hydroxyl groups is 2. The Morgan fingerprint density at radius 2 is 1.28 bits per heavy atom. The topological polar surface area (TPSA) is 40.5 Å². The molecule has 0 amide bonds. The highest BCUT2D eigenvalue weighted by atomic mass is 16.3. The summed E-state index contributed by atoms with van der Waals surface area (Å²) in [6, 6.07) is 0. The Kier molecular flexibility index (Phi) is 21.7. The summed E-state index contributed by atoms with van der Waals surface area (Å²) in [4.78, 5) is 0. The lowest BCUT2D eigenvalue weighted by molar-refractivity contribution is 0.248. The van der Waals surface area contributed by atoms with Gasteiger partial charge in [0.1, 0.15) is 0 Å². The molecule has 2 N–H and O–H groups in total. The van der Waals surface area contributed by atoms with E-state index in [1.807, 2.05) is 0 Å². The molecule has 0 heterocycles. The molecule has 1 atom stereocenters. The minimum absolute atomic E-state index is 0.360. The molecule has 2 heteroatoms. The van der Waals surface area contributed by atoms with Gasteiger partial charge in [0.05, 0.1) is 0 Å². The lowest BCUT2D eigenvalue weighted by atomic mass is 9.98. The quantitative estimate of drug-likeness (QED) is 0.536. The molecule has 0 aliphatic carbocycles. The minimum Gasteiger partial charge on any atom is -0.396 e. The Labute approximate surface area is 115 Å². The zero-order valence-corrected chi connectivity index (χ0v) is 13.0. The first kappa shape index (κ1) is 20.2. The number of hydrogen-bond acceptors (Lipinski definition) is 2. The zero-order chi connectivity index (χ0) is 14.1. The molecule has 0 aromatic rings. The fraction of sp³-hybridized carbons (Fsp3) is 1.00. The van der Waals surface area contributed by atoms with Gasteiger partial charge in [-0.1, -0.05) is 72.1 Å². The standard InChI is InChI=1S/2C8H18O/c1-3-5-8(4-2)6-7-9;1-2-3-4-5-6-7-8-9/h8-9H,3-7H2,1-2H3;9H,2-8H2,1H3. The smallest absolute Gasteiger partial charge is 0.0433 e. The summed E-state index contributed by atoms with van der Waals surface area (Å²) in [5, 5.41) is 17.0. The lowest BCUT2D eigenvalue weighted by Crippen LogP contribution is -2.00. The van der Waals surface area contributed by atoms with Crippen LogP contribution in [0.2, 0.25) is 0 Å². The van der Waals surface area contributed by atoms with Crippen LogP contribution in [0.15, 0.2) is 0 Å². The van der Waals surface area contributed by atoms with Crippen molar-refractivity contribution in [1.82, 2.24) is 0 Å². The van der Waals surface area contributed by atoms with Crippen molar-refractivity contribution < 1.29 is 10.2 Å². The maximum absolute atomic E-state index is 8.59. The first-order chi connectivity index (χ1) is 8.76. The van der Waals surface area contributed by atoms with E-state index in [0.29, 0.717) is 13.2 Å². The van der Waals surface area contributed by atoms with Crippen molar-refractivity contribution in [2.75, 3.05) is 13.2 Å². The van der Waals surface area contributed by atoms with E-state index in [4.69, 9.17) is 10.2 Å². The number of hydrogen-bond donors (Lipinski definition) is 2. The van der Waals surface area contributed by atoms with Crippen LogP contribution in [-0.2, 0) is 0 Å². The van der Waals surface area contributed by atoms with Crippen LogP contribution < -0.4 is 0 Å². The average molecular weight is 260 g/mol. The van der Waals surface area contributed by atoms with Gasteiger partial charge in [-0.25, -0.2) is 0 Å². The van der Waals surface area contributed by atoms with E-state index in [0.717, 1.165) is 18.8 Å². The van der Waals surface area contributed by atoms with Crippen LogP contribution in [0.3, 0.4) is 0 Å². The molecule has 0 aromatic heterocycles. The third-order valence-electron chi connectivity index (χ3n) is 3.32. The summed E-state index contributed by atoms with van der Waals surface area (Å²) in [6.07, 6.45) is 12.2. The van der Waals surface area contributed by atoms with Gasteiger partial charge in [0.15, 0.2) is 0 Å². The molecule has 18 heavy (non-hydrogen) atoms. The van der Waals surface area contributed by atoms with Crippen molar-refractivity contribution in [1.29, 1.82) is 0 Å². The summed E-state index contributed by atoms with van der Waals surface area (Å²) < 4.78 is 0. The predicted octanol–water partition coefficient (Wildman–Crippen LogP) is 4.53. The van der Waals surface area contributed by atoms with Crippen LogP contribution >= 0.6 is 0 Å². The number of unbranched alkanes of at least 4 members (excludes halogenated alkanes) is 5. The summed E-state index contributed by atoms with van der Waals surface area (Å²) in [7, 11) is 0. The van der Waals surface area contributed by atoms with Gasteiger partial charge in [-0.3, -0.25) is 0 Å². The third kappa shape index (κ3) is 18.3. The Morgan fingerprint density at radius 3 is 1.72 bits per heavy atom. The van der Waals surface area contributed by atoms with E-state index >= 15 is 0 Å². The van der Waals surface area contributed by atoms with Gasteiger partial charge in [0.2, 0.25) is 0 Å². The molecule has 0 radical (unpaired) electrons. The van der Waals surface area contributed by atoms with Crippen LogP contribution in [0.1, 0.15) is 85.0 Å². The van der Waals surface area contributed by atoms with Gasteiger partial charge in [-0.2, -0.15) is 0 Å². The van der Waals surface area contributed by atoms with E-state index in [-0.39, 0.29) is 0 Å². The molecule has 0 saturated heterocycles. The Balaban J connectivity index is 0. The Morgan fingerprint density at radius 1 is 0.667 bits per heavy atom. The Hall–Kier alpha value is -0.0800. The van der Waals surface area contributed by atoms with Crippen molar-refractivity contribution >= 4 is 0 Å². The molecule has 0 fully saturated rings. The van der Waals surface area contributed by atoms with Crippen LogP contribution in [0, 0.1) is 5.92 Å². The van der Waals surface area contributed by atoms with Gasteiger partial charge in [0, 0.05) is 13.2 Å². The van der Waals surface area contributed by atoms with E-state index in [1.54, 1.807) is 0 Å². The molecule has 0 spiro atoms. The second kappa shape index (κ2) is 19.3. The molecule has 2 nitrogen and oxygen atoms in total. The molecule has 0 aliphatic heterocycles. The Bertz CT molecular complexity index is 114. The van der Waals surface area contributed by atoms with Crippen LogP contribution in [0.4, 0.5) is 0 Å². The average Bonchev–Trinajstić information content (AvgIpc) is 2.39. The van der Waals surface area contributed by atoms with Crippen molar-refractivity contribution in [2.45, 2.75) is 85.0 Å². The summed E-state index contributed by atoms with van der Waals surface area (Å²) in [6.45, 7) is 7.33. The first-order valence-electron chi connectivity index (χ1n) is 7.98. The van der Waals surface area contributed by atoms with Crippen molar-refractivity contribution in [3.63, 3.8) is 0 Å².